The van der Waals surface area contributed by atoms with Crippen molar-refractivity contribution in [3.63, 3.8) is 0 Å². The first-order valence-corrected chi connectivity index (χ1v) is 12.1. The van der Waals surface area contributed by atoms with Gasteiger partial charge in [0.15, 0.2) is 0 Å². The van der Waals surface area contributed by atoms with Crippen LogP contribution in [0.5, 0.6) is 0 Å². The molecule has 0 unspecified atom stereocenters. The van der Waals surface area contributed by atoms with Crippen LogP contribution in [0, 0.1) is 12.7 Å². The highest BCUT2D eigenvalue weighted by Gasteiger charge is 2.25. The number of aromatic nitrogens is 3. The number of halogens is 1. The molecule has 8 nitrogen and oxygen atoms in total. The van der Waals surface area contributed by atoms with Crippen molar-refractivity contribution < 1.29 is 9.18 Å². The van der Waals surface area contributed by atoms with Gasteiger partial charge in [0.1, 0.15) is 28.6 Å². The largest absolute Gasteiger partial charge is 0.363 e. The van der Waals surface area contributed by atoms with Crippen molar-refractivity contribution in [3.05, 3.63) is 52.9 Å². The molecular weight excluding hydrogens is 453 g/mol. The number of nitrogens with zero attached hydrogens (tertiary/aromatic N) is 5. The fraction of sp³-hybridized carbons (Fsp3) is 0.333. The second-order valence-electron chi connectivity index (χ2n) is 8.45. The van der Waals surface area contributed by atoms with Gasteiger partial charge in [0, 0.05) is 50.2 Å². The summed E-state index contributed by atoms with van der Waals surface area (Å²) in [5.74, 6) is 1.29. The molecule has 0 aliphatic carbocycles. The fourth-order valence-corrected chi connectivity index (χ4v) is 5.09. The molecule has 2 amide bonds. The summed E-state index contributed by atoms with van der Waals surface area (Å²) in [6.45, 7) is 6.29. The van der Waals surface area contributed by atoms with Crippen molar-refractivity contribution in [3.8, 4) is 0 Å². The lowest BCUT2D eigenvalue weighted by Gasteiger charge is -2.36. The van der Waals surface area contributed by atoms with Crippen LogP contribution in [-0.2, 0) is 0 Å². The van der Waals surface area contributed by atoms with E-state index in [1.54, 1.807) is 36.5 Å². The summed E-state index contributed by atoms with van der Waals surface area (Å²) in [5.41, 5.74) is 2.20. The predicted molar refractivity (Wildman–Crippen MR) is 134 cm³/mol. The van der Waals surface area contributed by atoms with Gasteiger partial charge in [-0.15, -0.1) is 11.3 Å². The highest BCUT2D eigenvalue weighted by atomic mass is 32.1. The van der Waals surface area contributed by atoms with Gasteiger partial charge in [0.05, 0.1) is 16.9 Å². The third-order valence-corrected chi connectivity index (χ3v) is 7.09. The van der Waals surface area contributed by atoms with E-state index in [0.717, 1.165) is 32.8 Å². The molecule has 2 N–H and O–H groups in total. The summed E-state index contributed by atoms with van der Waals surface area (Å²) in [7, 11) is 1.64. The molecule has 4 aromatic rings. The van der Waals surface area contributed by atoms with Crippen LogP contribution in [0.4, 0.5) is 20.8 Å². The van der Waals surface area contributed by atoms with Crippen LogP contribution < -0.4 is 15.5 Å². The van der Waals surface area contributed by atoms with Gasteiger partial charge in [0.2, 0.25) is 0 Å². The molecule has 1 aliphatic heterocycles. The zero-order valence-electron chi connectivity index (χ0n) is 19.3. The topological polar surface area (TPSA) is 86.3 Å². The standard InChI is InChI=1S/C24H26FN7OS/c1-14-10-16-11-18(15(2)29-21-17-4-9-34-23(17)28-13-27-21)22(30-20(16)12-19(14)25)31-5-7-32(8-6-31)24(33)26-3/h4,9-13,15H,5-8H2,1-3H3,(H,26,33)(H,27,28,29)/t15-/m0/s1. The molecule has 176 valence electrons. The van der Waals surface area contributed by atoms with Gasteiger partial charge < -0.3 is 20.4 Å². The summed E-state index contributed by atoms with van der Waals surface area (Å²) in [4.78, 5) is 30.6. The van der Waals surface area contributed by atoms with Crippen LogP contribution in [0.25, 0.3) is 21.1 Å². The van der Waals surface area contributed by atoms with Crippen LogP contribution >= 0.6 is 11.3 Å². The van der Waals surface area contributed by atoms with E-state index in [2.05, 4.69) is 38.5 Å². The fourth-order valence-electron chi connectivity index (χ4n) is 4.36. The Labute approximate surface area is 200 Å². The van der Waals surface area contributed by atoms with Gasteiger partial charge in [-0.2, -0.15) is 0 Å². The lowest BCUT2D eigenvalue weighted by molar-refractivity contribution is 0.196. The Morgan fingerprint density at radius 1 is 1.18 bits per heavy atom. The summed E-state index contributed by atoms with van der Waals surface area (Å²) >= 11 is 1.57. The average molecular weight is 480 g/mol. The summed E-state index contributed by atoms with van der Waals surface area (Å²) in [6, 6.07) is 7.23. The Bertz CT molecular complexity index is 1370. The van der Waals surface area contributed by atoms with E-state index < -0.39 is 0 Å². The molecule has 1 atom stereocenters. The Balaban J connectivity index is 1.53. The number of nitrogens with one attached hydrogen (secondary N) is 2. The third kappa shape index (κ3) is 4.09. The molecule has 0 radical (unpaired) electrons. The van der Waals surface area contributed by atoms with Crippen LogP contribution in [0.1, 0.15) is 24.1 Å². The second-order valence-corrected chi connectivity index (χ2v) is 9.35. The van der Waals surface area contributed by atoms with Crippen LogP contribution in [0.3, 0.4) is 0 Å². The molecule has 0 spiro atoms. The quantitative estimate of drug-likeness (QED) is 0.453. The number of carbonyl (C=O) groups is 1. The Hall–Kier alpha value is -3.53. The maximum atomic E-state index is 14.3. The van der Waals surface area contributed by atoms with E-state index in [0.29, 0.717) is 37.3 Å². The SMILES string of the molecule is CNC(=O)N1CCN(c2nc3cc(F)c(C)cc3cc2[C@H](C)Nc2ncnc3sccc23)CC1. The lowest BCUT2D eigenvalue weighted by Crippen LogP contribution is -2.51. The van der Waals surface area contributed by atoms with Gasteiger partial charge in [-0.1, -0.05) is 0 Å². The highest BCUT2D eigenvalue weighted by molar-refractivity contribution is 7.16. The Morgan fingerprint density at radius 3 is 2.74 bits per heavy atom. The smallest absolute Gasteiger partial charge is 0.317 e. The van der Waals surface area contributed by atoms with E-state index in [9.17, 15) is 9.18 Å². The molecule has 10 heteroatoms. The number of piperazine rings is 1. The van der Waals surface area contributed by atoms with Gasteiger partial charge in [-0.25, -0.2) is 24.1 Å². The first-order valence-electron chi connectivity index (χ1n) is 11.2. The van der Waals surface area contributed by atoms with E-state index >= 15 is 0 Å². The number of thiophene rings is 1. The van der Waals surface area contributed by atoms with Crippen LogP contribution in [0.2, 0.25) is 0 Å². The zero-order chi connectivity index (χ0) is 23.8. The van der Waals surface area contributed by atoms with Crippen molar-refractivity contribution in [1.29, 1.82) is 0 Å². The summed E-state index contributed by atoms with van der Waals surface area (Å²) < 4.78 is 14.3. The van der Waals surface area contributed by atoms with Crippen molar-refractivity contribution >= 4 is 50.1 Å². The second kappa shape index (κ2) is 9.02. The number of benzene rings is 1. The Kier molecular flexibility index (Phi) is 5.91. The molecule has 3 aromatic heterocycles. The number of urea groups is 1. The van der Waals surface area contributed by atoms with Gasteiger partial charge >= 0.3 is 6.03 Å². The molecule has 4 heterocycles. The summed E-state index contributed by atoms with van der Waals surface area (Å²) in [6.07, 6.45) is 1.57. The molecule has 34 heavy (non-hydrogen) atoms. The molecular formula is C24H26FN7OS. The van der Waals surface area contributed by atoms with E-state index in [1.807, 2.05) is 17.5 Å². The number of rotatable bonds is 4. The first-order chi connectivity index (χ1) is 16.4. The average Bonchev–Trinajstić information content (AvgIpc) is 3.34. The highest BCUT2D eigenvalue weighted by Crippen LogP contribution is 2.33. The monoisotopic (exact) mass is 479 g/mol. The first kappa shape index (κ1) is 22.3. The number of aryl methyl sites for hydroxylation is 1. The number of carbonyl (C=O) groups excluding carboxylic acids is 1. The van der Waals surface area contributed by atoms with Crippen molar-refractivity contribution in [2.24, 2.45) is 0 Å². The Morgan fingerprint density at radius 2 is 1.97 bits per heavy atom. The zero-order valence-corrected chi connectivity index (χ0v) is 20.1. The third-order valence-electron chi connectivity index (χ3n) is 6.27. The van der Waals surface area contributed by atoms with Crippen molar-refractivity contribution in [1.82, 2.24) is 25.2 Å². The minimum absolute atomic E-state index is 0.0810. The maximum absolute atomic E-state index is 14.3. The number of hydrogen-bond donors (Lipinski definition) is 2. The van der Waals surface area contributed by atoms with Crippen molar-refractivity contribution in [2.75, 3.05) is 43.4 Å². The minimum atomic E-state index is -0.268. The van der Waals surface area contributed by atoms with Crippen LogP contribution in [0.15, 0.2) is 36.0 Å². The lowest BCUT2D eigenvalue weighted by atomic mass is 10.0. The molecule has 5 rings (SSSR count). The molecule has 1 saturated heterocycles. The molecule has 1 aliphatic rings. The number of fused-ring (bicyclic) bond motifs is 2. The summed E-state index contributed by atoms with van der Waals surface area (Å²) in [5, 5.41) is 10.1. The van der Waals surface area contributed by atoms with Crippen molar-refractivity contribution in [2.45, 2.75) is 19.9 Å². The van der Waals surface area contributed by atoms with Crippen LogP contribution in [-0.4, -0.2) is 59.1 Å². The normalized spacial score (nSPS) is 15.1. The van der Waals surface area contributed by atoms with Gasteiger partial charge in [-0.3, -0.25) is 0 Å². The van der Waals surface area contributed by atoms with E-state index in [-0.39, 0.29) is 17.9 Å². The van der Waals surface area contributed by atoms with Gasteiger partial charge in [0.25, 0.3) is 0 Å². The molecule has 0 saturated carbocycles. The molecule has 1 fully saturated rings. The number of anilines is 2. The number of amides is 2. The molecule has 1 aromatic carbocycles. The number of pyridine rings is 1. The van der Waals surface area contributed by atoms with E-state index in [1.165, 1.54) is 6.07 Å². The predicted octanol–water partition coefficient (Wildman–Crippen LogP) is 4.32. The van der Waals surface area contributed by atoms with Gasteiger partial charge in [-0.05, 0) is 43.0 Å². The minimum Gasteiger partial charge on any atom is -0.363 e. The van der Waals surface area contributed by atoms with E-state index in [4.69, 9.17) is 4.98 Å². The number of hydrogen-bond acceptors (Lipinski definition) is 7. The molecule has 0 bridgehead atoms. The maximum Gasteiger partial charge on any atom is 0.317 e.